The summed E-state index contributed by atoms with van der Waals surface area (Å²) >= 11 is 0. The highest BCUT2D eigenvalue weighted by atomic mass is 16.2. The fourth-order valence-corrected chi connectivity index (χ4v) is 4.09. The molecular formula is C17H23N7O. The molecule has 2 aliphatic rings. The summed E-state index contributed by atoms with van der Waals surface area (Å²) in [5.74, 6) is 0.691. The van der Waals surface area contributed by atoms with E-state index in [1.807, 2.05) is 30.1 Å². The number of aromatic nitrogens is 5. The molecule has 25 heavy (non-hydrogen) atoms. The molecule has 1 atom stereocenters. The van der Waals surface area contributed by atoms with Crippen LogP contribution in [-0.4, -0.2) is 63.4 Å². The lowest BCUT2D eigenvalue weighted by atomic mass is 9.77. The van der Waals surface area contributed by atoms with E-state index >= 15 is 0 Å². The normalized spacial score (nSPS) is 22.3. The molecule has 1 aliphatic carbocycles. The van der Waals surface area contributed by atoms with Gasteiger partial charge < -0.3 is 9.80 Å². The first-order chi connectivity index (χ1) is 12.0. The Kier molecular flexibility index (Phi) is 3.70. The third kappa shape index (κ3) is 2.56. The van der Waals surface area contributed by atoms with Gasteiger partial charge in [-0.2, -0.15) is 15.4 Å². The number of hydrogen-bond acceptors (Lipinski definition) is 6. The van der Waals surface area contributed by atoms with E-state index in [9.17, 15) is 4.79 Å². The SMILES string of the molecule is Cc1n[nH]nc1C(=O)N1CCCC2(CCc3cnc(N(C)C)nc32)C1. The Bertz CT molecular complexity index is 811. The Morgan fingerprint density at radius 3 is 2.88 bits per heavy atom. The maximum atomic E-state index is 12.9. The summed E-state index contributed by atoms with van der Waals surface area (Å²) in [4.78, 5) is 26.0. The first-order valence-electron chi connectivity index (χ1n) is 8.70. The second-order valence-electron chi connectivity index (χ2n) is 7.31. The van der Waals surface area contributed by atoms with Crippen LogP contribution in [0.5, 0.6) is 0 Å². The van der Waals surface area contributed by atoms with Crippen LogP contribution in [0.25, 0.3) is 0 Å². The average molecular weight is 341 g/mol. The molecule has 132 valence electrons. The van der Waals surface area contributed by atoms with E-state index in [0.717, 1.165) is 43.9 Å². The molecule has 2 aromatic rings. The molecule has 0 aromatic carbocycles. The lowest BCUT2D eigenvalue weighted by Crippen LogP contribution is -2.48. The Labute approximate surface area is 146 Å². The summed E-state index contributed by atoms with van der Waals surface area (Å²) in [5.41, 5.74) is 3.35. The second kappa shape index (κ2) is 5.79. The van der Waals surface area contributed by atoms with E-state index in [0.29, 0.717) is 17.9 Å². The van der Waals surface area contributed by atoms with Gasteiger partial charge in [-0.3, -0.25) is 4.79 Å². The molecule has 2 aromatic heterocycles. The van der Waals surface area contributed by atoms with Crippen molar-refractivity contribution in [3.8, 4) is 0 Å². The van der Waals surface area contributed by atoms with E-state index in [1.54, 1.807) is 6.92 Å². The van der Waals surface area contributed by atoms with Crippen molar-refractivity contribution in [3.05, 3.63) is 28.8 Å². The molecule has 0 saturated carbocycles. The van der Waals surface area contributed by atoms with Gasteiger partial charge in [0.1, 0.15) is 0 Å². The largest absolute Gasteiger partial charge is 0.347 e. The van der Waals surface area contributed by atoms with Gasteiger partial charge in [0, 0.05) is 38.8 Å². The predicted octanol–water partition coefficient (Wildman–Crippen LogP) is 1.09. The number of aryl methyl sites for hydroxylation is 2. The molecule has 1 saturated heterocycles. The predicted molar refractivity (Wildman–Crippen MR) is 92.6 cm³/mol. The quantitative estimate of drug-likeness (QED) is 0.879. The average Bonchev–Trinajstić information content (AvgIpc) is 3.19. The summed E-state index contributed by atoms with van der Waals surface area (Å²) < 4.78 is 0. The zero-order valence-electron chi connectivity index (χ0n) is 14.9. The topological polar surface area (TPSA) is 90.9 Å². The van der Waals surface area contributed by atoms with Crippen molar-refractivity contribution >= 4 is 11.9 Å². The minimum absolute atomic E-state index is 0.0411. The first-order valence-corrected chi connectivity index (χ1v) is 8.70. The summed E-state index contributed by atoms with van der Waals surface area (Å²) in [7, 11) is 3.90. The number of aromatic amines is 1. The maximum absolute atomic E-state index is 12.9. The monoisotopic (exact) mass is 341 g/mol. The highest BCUT2D eigenvalue weighted by molar-refractivity contribution is 5.93. The molecule has 1 aliphatic heterocycles. The summed E-state index contributed by atoms with van der Waals surface area (Å²) in [5, 5.41) is 10.5. The van der Waals surface area contributed by atoms with Crippen molar-refractivity contribution in [2.45, 2.75) is 38.0 Å². The lowest BCUT2D eigenvalue weighted by Gasteiger charge is -2.40. The van der Waals surface area contributed by atoms with Crippen LogP contribution in [0.2, 0.25) is 0 Å². The molecular weight excluding hydrogens is 318 g/mol. The maximum Gasteiger partial charge on any atom is 0.276 e. The molecule has 1 amide bonds. The molecule has 3 heterocycles. The van der Waals surface area contributed by atoms with Gasteiger partial charge in [0.05, 0.1) is 11.4 Å². The smallest absolute Gasteiger partial charge is 0.276 e. The molecule has 1 spiro atoms. The minimum atomic E-state index is -0.0609. The molecule has 0 bridgehead atoms. The van der Waals surface area contributed by atoms with Crippen molar-refractivity contribution in [2.24, 2.45) is 0 Å². The number of carbonyl (C=O) groups excluding carboxylic acids is 1. The number of nitrogens with zero attached hydrogens (tertiary/aromatic N) is 6. The Hall–Kier alpha value is -2.51. The van der Waals surface area contributed by atoms with E-state index < -0.39 is 0 Å². The Morgan fingerprint density at radius 1 is 1.32 bits per heavy atom. The van der Waals surface area contributed by atoms with Crippen molar-refractivity contribution in [1.82, 2.24) is 30.3 Å². The highest BCUT2D eigenvalue weighted by Gasteiger charge is 2.45. The van der Waals surface area contributed by atoms with Crippen molar-refractivity contribution in [3.63, 3.8) is 0 Å². The van der Waals surface area contributed by atoms with Crippen molar-refractivity contribution < 1.29 is 4.79 Å². The molecule has 8 heteroatoms. The van der Waals surface area contributed by atoms with Gasteiger partial charge in [-0.05, 0) is 38.2 Å². The third-order valence-corrected chi connectivity index (χ3v) is 5.42. The number of hydrogen-bond donors (Lipinski definition) is 1. The third-order valence-electron chi connectivity index (χ3n) is 5.42. The molecule has 1 fully saturated rings. The molecule has 4 rings (SSSR count). The highest BCUT2D eigenvalue weighted by Crippen LogP contribution is 2.44. The molecule has 8 nitrogen and oxygen atoms in total. The number of piperidine rings is 1. The summed E-state index contributed by atoms with van der Waals surface area (Å²) in [6.45, 7) is 3.25. The standard InChI is InChI=1S/C17H23N7O/c1-11-13(21-22-20-11)15(25)24-8-4-6-17(10-24)7-5-12-9-18-16(23(2)3)19-14(12)17/h9H,4-8,10H2,1-3H3,(H,20,21,22). The fraction of sp³-hybridized carbons (Fsp3) is 0.588. The van der Waals surface area contributed by atoms with E-state index in [4.69, 9.17) is 4.98 Å². The lowest BCUT2D eigenvalue weighted by molar-refractivity contribution is 0.0626. The number of carbonyl (C=O) groups is 1. The molecule has 0 radical (unpaired) electrons. The van der Waals surface area contributed by atoms with E-state index in [-0.39, 0.29) is 11.3 Å². The number of fused-ring (bicyclic) bond motifs is 2. The second-order valence-corrected chi connectivity index (χ2v) is 7.31. The van der Waals surface area contributed by atoms with Gasteiger partial charge in [-0.25, -0.2) is 9.97 Å². The zero-order valence-corrected chi connectivity index (χ0v) is 14.9. The van der Waals surface area contributed by atoms with Crippen LogP contribution in [0.1, 0.15) is 46.7 Å². The van der Waals surface area contributed by atoms with Gasteiger partial charge in [-0.1, -0.05) is 0 Å². The fourth-order valence-electron chi connectivity index (χ4n) is 4.09. The minimum Gasteiger partial charge on any atom is -0.347 e. The summed E-state index contributed by atoms with van der Waals surface area (Å²) in [6, 6.07) is 0. The number of anilines is 1. The number of nitrogens with one attached hydrogen (secondary N) is 1. The van der Waals surface area contributed by atoms with Crippen molar-refractivity contribution in [2.75, 3.05) is 32.1 Å². The first kappa shape index (κ1) is 16.0. The van der Waals surface area contributed by atoms with Crippen LogP contribution in [-0.2, 0) is 11.8 Å². The number of likely N-dealkylation sites (tertiary alicyclic amines) is 1. The number of amides is 1. The van der Waals surface area contributed by atoms with Crippen molar-refractivity contribution in [1.29, 1.82) is 0 Å². The van der Waals surface area contributed by atoms with Gasteiger partial charge in [-0.15, -0.1) is 0 Å². The van der Waals surface area contributed by atoms with Gasteiger partial charge in [0.2, 0.25) is 5.95 Å². The van der Waals surface area contributed by atoms with Gasteiger partial charge in [0.25, 0.3) is 5.91 Å². The van der Waals surface area contributed by atoms with Crippen LogP contribution in [0.4, 0.5) is 5.95 Å². The van der Waals surface area contributed by atoms with Crippen LogP contribution >= 0.6 is 0 Å². The van der Waals surface area contributed by atoms with Gasteiger partial charge >= 0.3 is 0 Å². The van der Waals surface area contributed by atoms with Crippen LogP contribution in [0.15, 0.2) is 6.20 Å². The Balaban J connectivity index is 1.65. The summed E-state index contributed by atoms with van der Waals surface area (Å²) in [6.07, 6.45) is 5.99. The number of H-pyrrole nitrogens is 1. The number of rotatable bonds is 2. The van der Waals surface area contributed by atoms with Crippen LogP contribution in [0.3, 0.4) is 0 Å². The van der Waals surface area contributed by atoms with E-state index in [1.165, 1.54) is 5.56 Å². The zero-order chi connectivity index (χ0) is 17.6. The van der Waals surface area contributed by atoms with Gasteiger partial charge in [0.15, 0.2) is 5.69 Å². The van der Waals surface area contributed by atoms with Crippen LogP contribution in [0, 0.1) is 6.92 Å². The van der Waals surface area contributed by atoms with Crippen LogP contribution < -0.4 is 4.90 Å². The Morgan fingerprint density at radius 2 is 2.16 bits per heavy atom. The van der Waals surface area contributed by atoms with E-state index in [2.05, 4.69) is 20.4 Å². The molecule has 1 unspecified atom stereocenters. The molecule has 1 N–H and O–H groups in total.